The van der Waals surface area contributed by atoms with Crippen molar-refractivity contribution in [1.82, 2.24) is 0 Å². The molecule has 0 aromatic heterocycles. The maximum absolute atomic E-state index is 2.31. The van der Waals surface area contributed by atoms with Gasteiger partial charge in [0.05, 0.1) is 0 Å². The van der Waals surface area contributed by atoms with Gasteiger partial charge in [0.15, 0.2) is 0 Å². The summed E-state index contributed by atoms with van der Waals surface area (Å²) in [7, 11) is 0. The van der Waals surface area contributed by atoms with Crippen LogP contribution in [0.3, 0.4) is 0 Å². The van der Waals surface area contributed by atoms with E-state index in [-0.39, 0.29) is 19.5 Å². The molecule has 2 rings (SSSR count). The van der Waals surface area contributed by atoms with Crippen molar-refractivity contribution in [1.29, 1.82) is 0 Å². The predicted molar refractivity (Wildman–Crippen MR) is 71.3 cm³/mol. The topological polar surface area (TPSA) is 0 Å². The number of hydrogen-bond donors (Lipinski definition) is 0. The molecule has 2 aliphatic rings. The van der Waals surface area contributed by atoms with E-state index in [0.717, 1.165) is 6.42 Å². The van der Waals surface area contributed by atoms with Crippen LogP contribution >= 0.6 is 0 Å². The van der Waals surface area contributed by atoms with Gasteiger partial charge in [-0.25, -0.2) is 0 Å². The van der Waals surface area contributed by atoms with Crippen LogP contribution in [-0.4, -0.2) is 0 Å². The number of rotatable bonds is 1. The fourth-order valence-electron chi connectivity index (χ4n) is 2.21. The molecule has 0 aromatic rings. The van der Waals surface area contributed by atoms with Crippen LogP contribution in [0.15, 0.2) is 59.8 Å². The van der Waals surface area contributed by atoms with E-state index < -0.39 is 0 Å². The predicted octanol–water partition coefficient (Wildman–Crippen LogP) is 4.87. The van der Waals surface area contributed by atoms with E-state index in [9.17, 15) is 0 Å². The van der Waals surface area contributed by atoms with E-state index >= 15 is 0 Å². The summed E-state index contributed by atoms with van der Waals surface area (Å²) >= 11 is 0. The summed E-state index contributed by atoms with van der Waals surface area (Å²) in [6.45, 7) is 0. The summed E-state index contributed by atoms with van der Waals surface area (Å²) in [6, 6.07) is 0. The molecule has 0 aliphatic heterocycles. The minimum absolute atomic E-state index is 0. The van der Waals surface area contributed by atoms with Crippen LogP contribution < -0.4 is 0 Å². The van der Waals surface area contributed by atoms with Gasteiger partial charge in [-0.3, -0.25) is 0 Å². The van der Waals surface area contributed by atoms with E-state index in [1.165, 1.54) is 43.3 Å². The summed E-state index contributed by atoms with van der Waals surface area (Å²) in [5.41, 5.74) is 3.06. The monoisotopic (exact) mass is 314 g/mol. The molecular formula is C16H20Ru. The first-order chi connectivity index (χ1) is 7.97. The Hall–Kier alpha value is -0.677. The summed E-state index contributed by atoms with van der Waals surface area (Å²) in [5.74, 6) is 0. The zero-order chi connectivity index (χ0) is 11.1. The van der Waals surface area contributed by atoms with Gasteiger partial charge in [0.1, 0.15) is 0 Å². The van der Waals surface area contributed by atoms with Crippen molar-refractivity contribution in [3.05, 3.63) is 59.8 Å². The van der Waals surface area contributed by atoms with Gasteiger partial charge in [-0.05, 0) is 49.7 Å². The van der Waals surface area contributed by atoms with Gasteiger partial charge in [-0.1, -0.05) is 48.6 Å². The maximum Gasteiger partial charge on any atom is 0 e. The van der Waals surface area contributed by atoms with Crippen molar-refractivity contribution in [2.24, 2.45) is 0 Å². The maximum atomic E-state index is 2.31. The summed E-state index contributed by atoms with van der Waals surface area (Å²) in [5, 5.41) is 0. The SMILES string of the molecule is C1=CC=C(C2=CC=CCCCC2)CCC=C1.[Ru]. The van der Waals surface area contributed by atoms with Crippen molar-refractivity contribution >= 4 is 0 Å². The van der Waals surface area contributed by atoms with E-state index in [2.05, 4.69) is 48.6 Å². The van der Waals surface area contributed by atoms with Crippen LogP contribution in [0.2, 0.25) is 0 Å². The molecule has 0 spiro atoms. The number of allylic oxidation sites excluding steroid dienone is 10. The van der Waals surface area contributed by atoms with Crippen LogP contribution in [0.5, 0.6) is 0 Å². The molecular weight excluding hydrogens is 293 g/mol. The molecule has 0 unspecified atom stereocenters. The Kier molecular flexibility index (Phi) is 7.12. The van der Waals surface area contributed by atoms with Gasteiger partial charge in [0.2, 0.25) is 0 Å². The van der Waals surface area contributed by atoms with Crippen molar-refractivity contribution in [2.45, 2.75) is 38.5 Å². The fourth-order valence-corrected chi connectivity index (χ4v) is 2.21. The average molecular weight is 313 g/mol. The first kappa shape index (κ1) is 14.4. The third-order valence-electron chi connectivity index (χ3n) is 3.15. The molecule has 0 bridgehead atoms. The number of hydrogen-bond acceptors (Lipinski definition) is 0. The Morgan fingerprint density at radius 1 is 0.647 bits per heavy atom. The third kappa shape index (κ3) is 5.00. The second-order valence-electron chi connectivity index (χ2n) is 4.41. The molecule has 0 atom stereocenters. The molecule has 0 aromatic carbocycles. The minimum Gasteiger partial charge on any atom is -0.0845 e. The van der Waals surface area contributed by atoms with E-state index in [1.54, 1.807) is 0 Å². The van der Waals surface area contributed by atoms with Crippen molar-refractivity contribution < 1.29 is 19.5 Å². The molecule has 0 fully saturated rings. The molecule has 0 saturated carbocycles. The van der Waals surface area contributed by atoms with Crippen LogP contribution in [0.25, 0.3) is 0 Å². The van der Waals surface area contributed by atoms with Crippen molar-refractivity contribution in [3.8, 4) is 0 Å². The molecule has 0 N–H and O–H groups in total. The van der Waals surface area contributed by atoms with Crippen LogP contribution in [0.4, 0.5) is 0 Å². The smallest absolute Gasteiger partial charge is 0 e. The fraction of sp³-hybridized carbons (Fsp3) is 0.375. The molecule has 0 heterocycles. The zero-order valence-electron chi connectivity index (χ0n) is 10.2. The second-order valence-corrected chi connectivity index (χ2v) is 4.41. The normalized spacial score (nSPS) is 20.2. The Morgan fingerprint density at radius 3 is 2.35 bits per heavy atom. The Morgan fingerprint density at radius 2 is 1.41 bits per heavy atom. The van der Waals surface area contributed by atoms with Crippen molar-refractivity contribution in [3.63, 3.8) is 0 Å². The molecule has 0 saturated heterocycles. The second kappa shape index (κ2) is 8.42. The Balaban J connectivity index is 0.00000144. The van der Waals surface area contributed by atoms with E-state index in [4.69, 9.17) is 0 Å². The first-order valence-corrected chi connectivity index (χ1v) is 6.35. The minimum atomic E-state index is 0. The van der Waals surface area contributed by atoms with E-state index in [0.29, 0.717) is 0 Å². The largest absolute Gasteiger partial charge is 0.0845 e. The third-order valence-corrected chi connectivity index (χ3v) is 3.15. The zero-order valence-corrected chi connectivity index (χ0v) is 12.0. The summed E-state index contributed by atoms with van der Waals surface area (Å²) < 4.78 is 0. The van der Waals surface area contributed by atoms with Crippen LogP contribution in [0.1, 0.15) is 38.5 Å². The summed E-state index contributed by atoms with van der Waals surface area (Å²) in [4.78, 5) is 0. The van der Waals surface area contributed by atoms with Crippen molar-refractivity contribution in [2.75, 3.05) is 0 Å². The molecule has 0 nitrogen and oxygen atoms in total. The Bertz CT molecular complexity index is 367. The van der Waals surface area contributed by atoms with Crippen LogP contribution in [-0.2, 0) is 19.5 Å². The van der Waals surface area contributed by atoms with E-state index in [1.807, 2.05) is 0 Å². The Labute approximate surface area is 118 Å². The molecule has 0 radical (unpaired) electrons. The van der Waals surface area contributed by atoms with Gasteiger partial charge in [-0.2, -0.15) is 0 Å². The molecule has 92 valence electrons. The molecule has 2 aliphatic carbocycles. The van der Waals surface area contributed by atoms with Crippen LogP contribution in [0, 0.1) is 0 Å². The molecule has 17 heavy (non-hydrogen) atoms. The first-order valence-electron chi connectivity index (χ1n) is 6.35. The van der Waals surface area contributed by atoms with Gasteiger partial charge in [-0.15, -0.1) is 0 Å². The van der Waals surface area contributed by atoms with Gasteiger partial charge >= 0.3 is 0 Å². The molecule has 0 amide bonds. The van der Waals surface area contributed by atoms with Gasteiger partial charge in [0, 0.05) is 19.5 Å². The van der Waals surface area contributed by atoms with Gasteiger partial charge < -0.3 is 0 Å². The summed E-state index contributed by atoms with van der Waals surface area (Å²) in [6.07, 6.45) is 25.3. The van der Waals surface area contributed by atoms with Gasteiger partial charge in [0.25, 0.3) is 0 Å². The quantitative estimate of drug-likeness (QED) is 0.606. The standard InChI is InChI=1S/C16H20.Ru/c1-3-7-11-15(12-8-4-1)16-13-9-5-2-6-10-14-16;/h1,3-5,7,9,11,13H,2,6,8,10,12,14H2;. The molecule has 1 heteroatoms. The average Bonchev–Trinajstić information content (AvgIpc) is 2.18.